The lowest BCUT2D eigenvalue weighted by Gasteiger charge is -2.27. The maximum absolute atomic E-state index is 11.4. The summed E-state index contributed by atoms with van der Waals surface area (Å²) in [6.45, 7) is 4.31. The van der Waals surface area contributed by atoms with E-state index in [1.165, 1.54) is 11.1 Å². The average Bonchev–Trinajstić information content (AvgIpc) is 2.42. The number of benzene rings is 1. The zero-order chi connectivity index (χ0) is 14.5. The number of ether oxygens (including phenoxy) is 1. The third-order valence-electron chi connectivity index (χ3n) is 3.66. The van der Waals surface area contributed by atoms with Gasteiger partial charge in [-0.25, -0.2) is 0 Å². The third-order valence-corrected chi connectivity index (χ3v) is 3.66. The number of rotatable bonds is 6. The minimum Gasteiger partial charge on any atom is -0.371 e. The van der Waals surface area contributed by atoms with Crippen LogP contribution < -0.4 is 11.1 Å². The predicted molar refractivity (Wildman–Crippen MR) is 79.3 cm³/mol. The van der Waals surface area contributed by atoms with Gasteiger partial charge in [0.15, 0.2) is 0 Å². The predicted octanol–water partition coefficient (Wildman–Crippen LogP) is 1.93. The second-order valence-electron chi connectivity index (χ2n) is 5.69. The van der Waals surface area contributed by atoms with Crippen molar-refractivity contribution in [3.63, 3.8) is 0 Å². The molecule has 0 aliphatic heterocycles. The Morgan fingerprint density at radius 3 is 2.90 bits per heavy atom. The van der Waals surface area contributed by atoms with Gasteiger partial charge in [0.05, 0.1) is 12.7 Å². The Morgan fingerprint density at radius 2 is 2.20 bits per heavy atom. The second-order valence-corrected chi connectivity index (χ2v) is 5.69. The highest BCUT2D eigenvalue weighted by Gasteiger charge is 2.23. The fraction of sp³-hybridized carbons (Fsp3) is 0.562. The molecular formula is C16H24N2O2. The summed E-state index contributed by atoms with van der Waals surface area (Å²) in [5, 5.41) is 3.14. The Kier molecular flexibility index (Phi) is 5.15. The molecule has 0 bridgehead atoms. The minimum absolute atomic E-state index is 0.0794. The van der Waals surface area contributed by atoms with E-state index in [0.717, 1.165) is 19.3 Å². The zero-order valence-electron chi connectivity index (χ0n) is 12.3. The van der Waals surface area contributed by atoms with Gasteiger partial charge in [0.2, 0.25) is 5.91 Å². The molecule has 2 unspecified atom stereocenters. The van der Waals surface area contributed by atoms with Crippen LogP contribution in [0.25, 0.3) is 0 Å². The molecule has 0 spiro atoms. The monoisotopic (exact) mass is 276 g/mol. The Hall–Kier alpha value is -1.39. The molecule has 0 saturated heterocycles. The van der Waals surface area contributed by atoms with Crippen LogP contribution in [0.1, 0.15) is 43.9 Å². The first-order valence-corrected chi connectivity index (χ1v) is 7.32. The summed E-state index contributed by atoms with van der Waals surface area (Å²) < 4.78 is 5.97. The first-order chi connectivity index (χ1) is 9.58. The lowest BCUT2D eigenvalue weighted by molar-refractivity contribution is -0.122. The summed E-state index contributed by atoms with van der Waals surface area (Å²) >= 11 is 0. The van der Waals surface area contributed by atoms with E-state index in [4.69, 9.17) is 10.5 Å². The number of nitrogens with two attached hydrogens (primary N) is 1. The maximum Gasteiger partial charge on any atom is 0.236 e. The van der Waals surface area contributed by atoms with Gasteiger partial charge in [-0.3, -0.25) is 4.79 Å². The topological polar surface area (TPSA) is 64.3 Å². The van der Waals surface area contributed by atoms with Gasteiger partial charge in [-0.15, -0.1) is 0 Å². The summed E-state index contributed by atoms with van der Waals surface area (Å²) in [6.07, 6.45) is 3.32. The van der Waals surface area contributed by atoms with E-state index < -0.39 is 6.04 Å². The second kappa shape index (κ2) is 6.86. The summed E-state index contributed by atoms with van der Waals surface area (Å²) in [6, 6.07) is 8.15. The van der Waals surface area contributed by atoms with Crippen LogP contribution >= 0.6 is 0 Å². The lowest BCUT2D eigenvalue weighted by atomic mass is 9.89. The molecule has 110 valence electrons. The van der Waals surface area contributed by atoms with E-state index in [9.17, 15) is 4.79 Å². The molecule has 2 atom stereocenters. The van der Waals surface area contributed by atoms with E-state index in [1.54, 1.807) is 0 Å². The minimum atomic E-state index is -0.427. The first kappa shape index (κ1) is 15.0. The van der Waals surface area contributed by atoms with Crippen molar-refractivity contribution in [1.82, 2.24) is 5.32 Å². The van der Waals surface area contributed by atoms with Crippen LogP contribution in [0.15, 0.2) is 24.3 Å². The Balaban J connectivity index is 1.98. The van der Waals surface area contributed by atoms with Crippen molar-refractivity contribution in [3.05, 3.63) is 35.4 Å². The van der Waals surface area contributed by atoms with E-state index in [0.29, 0.717) is 6.61 Å². The number of hydrogen-bond donors (Lipinski definition) is 2. The summed E-state index contributed by atoms with van der Waals surface area (Å²) in [5.41, 5.74) is 8.03. The normalized spacial score (nSPS) is 19.6. The Labute approximate surface area is 120 Å². The molecule has 0 radical (unpaired) electrons. The molecule has 0 saturated carbocycles. The molecule has 3 N–H and O–H groups in total. The molecule has 0 heterocycles. The highest BCUT2D eigenvalue weighted by Crippen LogP contribution is 2.32. The van der Waals surface area contributed by atoms with Gasteiger partial charge in [0.1, 0.15) is 6.04 Å². The standard InChI is InChI=1S/C16H24N2O2/c1-11(2)18-14(16(17)19)10-20-15-9-5-7-12-6-3-4-8-13(12)15/h3-4,6,8,11,14-15,18H,5,7,9-10H2,1-2H3,(H2,17,19). The molecule has 2 rings (SSSR count). The molecule has 1 amide bonds. The number of nitrogens with one attached hydrogen (secondary N) is 1. The van der Waals surface area contributed by atoms with E-state index in [1.807, 2.05) is 19.9 Å². The molecule has 1 aliphatic carbocycles. The van der Waals surface area contributed by atoms with Gasteiger partial charge in [0, 0.05) is 6.04 Å². The van der Waals surface area contributed by atoms with Crippen molar-refractivity contribution in [2.75, 3.05) is 6.61 Å². The average molecular weight is 276 g/mol. The van der Waals surface area contributed by atoms with Gasteiger partial charge in [-0.1, -0.05) is 38.1 Å². The Morgan fingerprint density at radius 1 is 1.45 bits per heavy atom. The number of carbonyl (C=O) groups excluding carboxylic acids is 1. The van der Waals surface area contributed by atoms with Crippen molar-refractivity contribution in [2.24, 2.45) is 5.73 Å². The molecule has 4 heteroatoms. The molecule has 20 heavy (non-hydrogen) atoms. The van der Waals surface area contributed by atoms with Crippen LogP contribution in [0.5, 0.6) is 0 Å². The SMILES string of the molecule is CC(C)NC(COC1CCCc2ccccc21)C(N)=O. The largest absolute Gasteiger partial charge is 0.371 e. The number of carbonyl (C=O) groups is 1. The fourth-order valence-corrected chi connectivity index (χ4v) is 2.71. The quantitative estimate of drug-likeness (QED) is 0.834. The Bertz CT molecular complexity index is 460. The van der Waals surface area contributed by atoms with Gasteiger partial charge >= 0.3 is 0 Å². The molecule has 1 aromatic rings. The van der Waals surface area contributed by atoms with Crippen LogP contribution in [0.4, 0.5) is 0 Å². The lowest BCUT2D eigenvalue weighted by Crippen LogP contribution is -2.47. The molecule has 4 nitrogen and oxygen atoms in total. The van der Waals surface area contributed by atoms with Crippen molar-refractivity contribution in [3.8, 4) is 0 Å². The number of amides is 1. The highest BCUT2D eigenvalue weighted by molar-refractivity contribution is 5.80. The fourth-order valence-electron chi connectivity index (χ4n) is 2.71. The van der Waals surface area contributed by atoms with Crippen molar-refractivity contribution >= 4 is 5.91 Å². The molecule has 0 aromatic heterocycles. The summed E-state index contributed by atoms with van der Waals surface area (Å²) in [4.78, 5) is 11.4. The van der Waals surface area contributed by atoms with Crippen LogP contribution in [0, 0.1) is 0 Å². The van der Waals surface area contributed by atoms with Gasteiger partial charge in [-0.2, -0.15) is 0 Å². The van der Waals surface area contributed by atoms with Crippen molar-refractivity contribution in [2.45, 2.75) is 51.3 Å². The first-order valence-electron chi connectivity index (χ1n) is 7.32. The summed E-state index contributed by atoms with van der Waals surface area (Å²) in [7, 11) is 0. The van der Waals surface area contributed by atoms with Crippen LogP contribution in [-0.2, 0) is 16.0 Å². The molecule has 0 fully saturated rings. The number of primary amides is 1. The van der Waals surface area contributed by atoms with Gasteiger partial charge < -0.3 is 15.8 Å². The van der Waals surface area contributed by atoms with Gasteiger partial charge in [0.25, 0.3) is 0 Å². The maximum atomic E-state index is 11.4. The number of fused-ring (bicyclic) bond motifs is 1. The summed E-state index contributed by atoms with van der Waals surface area (Å²) in [5.74, 6) is -0.359. The zero-order valence-corrected chi connectivity index (χ0v) is 12.3. The smallest absolute Gasteiger partial charge is 0.236 e. The molecule has 1 aliphatic rings. The number of hydrogen-bond acceptors (Lipinski definition) is 3. The van der Waals surface area contributed by atoms with Crippen LogP contribution in [0.3, 0.4) is 0 Å². The number of aryl methyl sites for hydroxylation is 1. The molecular weight excluding hydrogens is 252 g/mol. The van der Waals surface area contributed by atoms with Gasteiger partial charge in [-0.05, 0) is 30.4 Å². The molecule has 1 aromatic carbocycles. The van der Waals surface area contributed by atoms with E-state index in [2.05, 4.69) is 23.5 Å². The van der Waals surface area contributed by atoms with Crippen molar-refractivity contribution in [1.29, 1.82) is 0 Å². The van der Waals surface area contributed by atoms with E-state index in [-0.39, 0.29) is 18.1 Å². The van der Waals surface area contributed by atoms with Crippen LogP contribution in [0.2, 0.25) is 0 Å². The van der Waals surface area contributed by atoms with E-state index >= 15 is 0 Å². The highest BCUT2D eigenvalue weighted by atomic mass is 16.5. The third kappa shape index (κ3) is 3.81. The van der Waals surface area contributed by atoms with Crippen LogP contribution in [-0.4, -0.2) is 24.6 Å². The van der Waals surface area contributed by atoms with Crippen molar-refractivity contribution < 1.29 is 9.53 Å².